The molecule has 106 valence electrons. The Morgan fingerprint density at radius 1 is 1.14 bits per heavy atom. The molecular weight excluding hydrogens is 260 g/mol. The van der Waals surface area contributed by atoms with Crippen molar-refractivity contribution in [3.8, 4) is 5.75 Å². The molecule has 1 atom stereocenters. The van der Waals surface area contributed by atoms with Gasteiger partial charge in [0.15, 0.2) is 0 Å². The van der Waals surface area contributed by atoms with E-state index in [4.69, 9.17) is 4.74 Å². The van der Waals surface area contributed by atoms with E-state index in [0.29, 0.717) is 13.0 Å². The number of benzene rings is 2. The Labute approximate surface area is 125 Å². The second-order valence-electron chi connectivity index (χ2n) is 5.33. The van der Waals surface area contributed by atoms with Crippen LogP contribution in [-0.4, -0.2) is 6.29 Å². The highest BCUT2D eigenvalue weighted by molar-refractivity contribution is 5.65. The minimum Gasteiger partial charge on any atom is -0.489 e. The first kappa shape index (κ1) is 13.6. The van der Waals surface area contributed by atoms with Crippen molar-refractivity contribution in [3.05, 3.63) is 77.4 Å². The van der Waals surface area contributed by atoms with Gasteiger partial charge in [-0.3, -0.25) is 0 Å². The van der Waals surface area contributed by atoms with Gasteiger partial charge in [0.2, 0.25) is 0 Å². The fourth-order valence-electron chi connectivity index (χ4n) is 2.91. The van der Waals surface area contributed by atoms with Crippen LogP contribution in [0.3, 0.4) is 0 Å². The Morgan fingerprint density at radius 3 is 2.71 bits per heavy atom. The molecule has 0 aliphatic carbocycles. The lowest BCUT2D eigenvalue weighted by atomic mass is 9.89. The average Bonchev–Trinajstić information content (AvgIpc) is 2.71. The van der Waals surface area contributed by atoms with Gasteiger partial charge in [0.05, 0.1) is 0 Å². The summed E-state index contributed by atoms with van der Waals surface area (Å²) < 4.78 is 5.95. The van der Waals surface area contributed by atoms with E-state index in [-0.39, 0.29) is 5.92 Å². The first-order valence-electron chi connectivity index (χ1n) is 7.21. The molecule has 21 heavy (non-hydrogen) atoms. The molecular formula is C19H18O2. The predicted molar refractivity (Wildman–Crippen MR) is 83.6 cm³/mol. The van der Waals surface area contributed by atoms with Crippen LogP contribution < -0.4 is 4.74 Å². The van der Waals surface area contributed by atoms with Gasteiger partial charge in [0.25, 0.3) is 0 Å². The number of carbonyl (C=O) groups is 1. The van der Waals surface area contributed by atoms with Crippen LogP contribution in [0.15, 0.2) is 55.1 Å². The molecule has 2 nitrogen and oxygen atoms in total. The Kier molecular flexibility index (Phi) is 3.87. The number of aldehydes is 1. The molecule has 3 rings (SSSR count). The van der Waals surface area contributed by atoms with Crippen LogP contribution in [0.2, 0.25) is 0 Å². The summed E-state index contributed by atoms with van der Waals surface area (Å²) in [6.45, 7) is 4.33. The van der Waals surface area contributed by atoms with Crippen LogP contribution in [-0.2, 0) is 17.8 Å². The van der Waals surface area contributed by atoms with Crippen LogP contribution in [0.1, 0.15) is 34.6 Å². The van der Waals surface area contributed by atoms with Gasteiger partial charge in [-0.1, -0.05) is 42.5 Å². The summed E-state index contributed by atoms with van der Waals surface area (Å²) in [6.07, 6.45) is 4.27. The topological polar surface area (TPSA) is 26.3 Å². The molecule has 1 aliphatic rings. The number of hydrogen-bond acceptors (Lipinski definition) is 2. The number of allylic oxidation sites excluding steroid dienone is 1. The van der Waals surface area contributed by atoms with Crippen LogP contribution in [0.4, 0.5) is 0 Å². The summed E-state index contributed by atoms with van der Waals surface area (Å²) in [5.74, 6) is 0.742. The van der Waals surface area contributed by atoms with Gasteiger partial charge < -0.3 is 9.53 Å². The lowest BCUT2D eigenvalue weighted by molar-refractivity contribution is -0.109. The van der Waals surface area contributed by atoms with Gasteiger partial charge in [0, 0.05) is 17.9 Å². The van der Waals surface area contributed by atoms with Gasteiger partial charge in [-0.15, -0.1) is 6.58 Å². The van der Waals surface area contributed by atoms with Gasteiger partial charge in [-0.25, -0.2) is 0 Å². The number of ether oxygens (including phenoxy) is 1. The second-order valence-corrected chi connectivity index (χ2v) is 5.33. The number of fused-ring (bicyclic) bond motifs is 2. The van der Waals surface area contributed by atoms with E-state index in [9.17, 15) is 4.79 Å². The second kappa shape index (κ2) is 5.96. The molecule has 0 N–H and O–H groups in total. The van der Waals surface area contributed by atoms with Crippen molar-refractivity contribution < 1.29 is 9.53 Å². The number of carbonyl (C=O) groups excluding carboxylic acids is 1. The maximum atomic E-state index is 11.4. The Balaban J connectivity index is 2.08. The summed E-state index contributed by atoms with van der Waals surface area (Å²) >= 11 is 0. The summed E-state index contributed by atoms with van der Waals surface area (Å²) in [5, 5.41) is 0. The molecule has 0 fully saturated rings. The summed E-state index contributed by atoms with van der Waals surface area (Å²) in [5.41, 5.74) is 4.67. The summed E-state index contributed by atoms with van der Waals surface area (Å²) in [7, 11) is 0. The normalized spacial score (nSPS) is 14.1. The number of rotatable bonds is 4. The quantitative estimate of drug-likeness (QED) is 0.623. The Morgan fingerprint density at radius 2 is 1.95 bits per heavy atom. The third kappa shape index (κ3) is 2.62. The predicted octanol–water partition coefficient (Wildman–Crippen LogP) is 4.03. The molecule has 0 bridgehead atoms. The summed E-state index contributed by atoms with van der Waals surface area (Å²) in [4.78, 5) is 11.4. The average molecular weight is 278 g/mol. The zero-order chi connectivity index (χ0) is 14.7. The lowest BCUT2D eigenvalue weighted by Gasteiger charge is -2.16. The molecule has 0 saturated heterocycles. The molecule has 0 amide bonds. The lowest BCUT2D eigenvalue weighted by Crippen LogP contribution is -2.05. The molecule has 2 aromatic carbocycles. The largest absolute Gasteiger partial charge is 0.489 e. The van der Waals surface area contributed by atoms with E-state index in [1.54, 1.807) is 6.08 Å². The smallest absolute Gasteiger partial charge is 0.127 e. The van der Waals surface area contributed by atoms with Crippen LogP contribution in [0.25, 0.3) is 0 Å². The monoisotopic (exact) mass is 278 g/mol. The van der Waals surface area contributed by atoms with Crippen LogP contribution >= 0.6 is 0 Å². The zero-order valence-corrected chi connectivity index (χ0v) is 11.9. The van der Waals surface area contributed by atoms with Crippen molar-refractivity contribution in [2.75, 3.05) is 0 Å². The summed E-state index contributed by atoms with van der Waals surface area (Å²) in [6, 6.07) is 14.3. The highest BCUT2D eigenvalue weighted by Gasteiger charge is 2.20. The minimum absolute atomic E-state index is 0.147. The first-order valence-corrected chi connectivity index (χ1v) is 7.21. The molecule has 0 spiro atoms. The fourth-order valence-corrected chi connectivity index (χ4v) is 2.91. The highest BCUT2D eigenvalue weighted by atomic mass is 16.5. The highest BCUT2D eigenvalue weighted by Crippen LogP contribution is 2.34. The molecule has 0 saturated carbocycles. The standard InChI is InChI=1S/C19H18O2/c1-2-6-15(12-20)17-9-5-10-19-18(17)11-14-7-3-4-8-16(14)13-21-19/h2-5,7-10,12,15H,1,6,11,13H2. The first-order chi connectivity index (χ1) is 10.3. The molecule has 0 aromatic heterocycles. The SMILES string of the molecule is C=CCC(C=O)c1cccc2c1Cc1ccccc1CO2. The van der Waals surface area contributed by atoms with E-state index in [1.807, 2.05) is 30.3 Å². The van der Waals surface area contributed by atoms with Crippen molar-refractivity contribution >= 4 is 6.29 Å². The Bertz CT molecular complexity index is 673. The van der Waals surface area contributed by atoms with Crippen LogP contribution in [0.5, 0.6) is 5.75 Å². The molecule has 2 aromatic rings. The third-order valence-electron chi connectivity index (χ3n) is 4.02. The van der Waals surface area contributed by atoms with Crippen LogP contribution in [0, 0.1) is 0 Å². The van der Waals surface area contributed by atoms with E-state index < -0.39 is 0 Å². The van der Waals surface area contributed by atoms with E-state index in [2.05, 4.69) is 18.7 Å². The Hall–Kier alpha value is -2.35. The molecule has 0 radical (unpaired) electrons. The fraction of sp³-hybridized carbons (Fsp3) is 0.211. The molecule has 2 heteroatoms. The number of hydrogen-bond donors (Lipinski definition) is 0. The molecule has 1 aliphatic heterocycles. The van der Waals surface area contributed by atoms with E-state index >= 15 is 0 Å². The third-order valence-corrected chi connectivity index (χ3v) is 4.02. The molecule has 1 unspecified atom stereocenters. The van der Waals surface area contributed by atoms with Gasteiger partial charge in [-0.05, 0) is 29.2 Å². The van der Waals surface area contributed by atoms with Crippen molar-refractivity contribution in [2.24, 2.45) is 0 Å². The van der Waals surface area contributed by atoms with E-state index in [0.717, 1.165) is 29.6 Å². The van der Waals surface area contributed by atoms with Gasteiger partial charge in [0.1, 0.15) is 18.6 Å². The van der Waals surface area contributed by atoms with E-state index in [1.165, 1.54) is 11.1 Å². The minimum atomic E-state index is -0.147. The van der Waals surface area contributed by atoms with Crippen molar-refractivity contribution in [1.29, 1.82) is 0 Å². The molecule has 1 heterocycles. The van der Waals surface area contributed by atoms with Crippen molar-refractivity contribution in [1.82, 2.24) is 0 Å². The van der Waals surface area contributed by atoms with Crippen molar-refractivity contribution in [3.63, 3.8) is 0 Å². The maximum Gasteiger partial charge on any atom is 0.127 e. The van der Waals surface area contributed by atoms with Crippen molar-refractivity contribution in [2.45, 2.75) is 25.4 Å². The zero-order valence-electron chi connectivity index (χ0n) is 11.9. The maximum absolute atomic E-state index is 11.4. The van der Waals surface area contributed by atoms with Gasteiger partial charge >= 0.3 is 0 Å². The van der Waals surface area contributed by atoms with Gasteiger partial charge in [-0.2, -0.15) is 0 Å².